The number of hydrogen-bond donors (Lipinski definition) is 1. The van der Waals surface area contributed by atoms with Crippen LogP contribution in [0.15, 0.2) is 0 Å². The van der Waals surface area contributed by atoms with Gasteiger partial charge in [-0.15, -0.1) is 0 Å². The molecular formula is C7H14N2O4S. The Morgan fingerprint density at radius 3 is 2.86 bits per heavy atom. The maximum absolute atomic E-state index is 11.6. The molecule has 7 heteroatoms. The minimum Gasteiger partial charge on any atom is -0.384 e. The summed E-state index contributed by atoms with van der Waals surface area (Å²) in [6.45, 7) is 0.801. The summed E-state index contributed by atoms with van der Waals surface area (Å²) in [5.74, 6) is -0.325. The van der Waals surface area contributed by atoms with Crippen molar-refractivity contribution in [3.63, 3.8) is 0 Å². The van der Waals surface area contributed by atoms with E-state index in [1.165, 1.54) is 11.4 Å². The SMILES string of the molecule is COCCS(=O)(=O)N1CCNC(=O)C1. The predicted molar refractivity (Wildman–Crippen MR) is 50.2 cm³/mol. The highest BCUT2D eigenvalue weighted by molar-refractivity contribution is 7.89. The second-order valence-electron chi connectivity index (χ2n) is 2.99. The molecule has 1 heterocycles. The number of piperazine rings is 1. The zero-order chi connectivity index (χ0) is 10.6. The van der Waals surface area contributed by atoms with Crippen LogP contribution in [0, 0.1) is 0 Å². The number of sulfonamides is 1. The molecule has 0 aromatic rings. The van der Waals surface area contributed by atoms with Gasteiger partial charge in [0.2, 0.25) is 15.9 Å². The van der Waals surface area contributed by atoms with Crippen molar-refractivity contribution in [1.29, 1.82) is 0 Å². The maximum Gasteiger partial charge on any atom is 0.235 e. The standard InChI is InChI=1S/C7H14N2O4S/c1-13-4-5-14(11,12)9-3-2-8-7(10)6-9/h2-6H2,1H3,(H,8,10). The number of methoxy groups -OCH3 is 1. The fourth-order valence-corrected chi connectivity index (χ4v) is 2.49. The van der Waals surface area contributed by atoms with Gasteiger partial charge in [-0.2, -0.15) is 4.31 Å². The zero-order valence-electron chi connectivity index (χ0n) is 8.02. The van der Waals surface area contributed by atoms with Crippen molar-refractivity contribution in [3.8, 4) is 0 Å². The van der Waals surface area contributed by atoms with Gasteiger partial charge in [-0.1, -0.05) is 0 Å². The van der Waals surface area contributed by atoms with Crippen LogP contribution in [0.4, 0.5) is 0 Å². The molecule has 0 aromatic carbocycles. The van der Waals surface area contributed by atoms with Crippen LogP contribution < -0.4 is 5.32 Å². The summed E-state index contributed by atoms with van der Waals surface area (Å²) in [7, 11) is -1.89. The van der Waals surface area contributed by atoms with Crippen LogP contribution in [-0.2, 0) is 19.6 Å². The molecule has 0 saturated carbocycles. The summed E-state index contributed by atoms with van der Waals surface area (Å²) < 4.78 is 29.0. The molecule has 14 heavy (non-hydrogen) atoms. The number of amides is 1. The predicted octanol–water partition coefficient (Wildman–Crippen LogP) is -1.61. The Kier molecular flexibility index (Phi) is 3.85. The van der Waals surface area contributed by atoms with Crippen molar-refractivity contribution in [2.24, 2.45) is 0 Å². The van der Waals surface area contributed by atoms with Crippen molar-refractivity contribution >= 4 is 15.9 Å². The number of nitrogens with zero attached hydrogens (tertiary/aromatic N) is 1. The van der Waals surface area contributed by atoms with Crippen LogP contribution in [0.3, 0.4) is 0 Å². The van der Waals surface area contributed by atoms with Crippen LogP contribution in [0.25, 0.3) is 0 Å². The topological polar surface area (TPSA) is 75.7 Å². The summed E-state index contributed by atoms with van der Waals surface area (Å²) in [5, 5.41) is 2.56. The van der Waals surface area contributed by atoms with Crippen molar-refractivity contribution in [3.05, 3.63) is 0 Å². The average Bonchev–Trinajstić information content (AvgIpc) is 2.15. The number of carbonyl (C=O) groups is 1. The summed E-state index contributed by atoms with van der Waals surface area (Å²) in [5.41, 5.74) is 0. The Hall–Kier alpha value is -0.660. The van der Waals surface area contributed by atoms with Gasteiger partial charge < -0.3 is 10.1 Å². The van der Waals surface area contributed by atoms with Gasteiger partial charge in [0.05, 0.1) is 18.9 Å². The fourth-order valence-electron chi connectivity index (χ4n) is 1.17. The molecule has 0 atom stereocenters. The Morgan fingerprint density at radius 1 is 1.57 bits per heavy atom. The highest BCUT2D eigenvalue weighted by Crippen LogP contribution is 2.03. The highest BCUT2D eigenvalue weighted by atomic mass is 32.2. The molecule has 1 aliphatic rings. The molecule has 0 bridgehead atoms. The number of ether oxygens (including phenoxy) is 1. The molecule has 82 valence electrons. The lowest BCUT2D eigenvalue weighted by molar-refractivity contribution is -0.122. The number of rotatable bonds is 4. The summed E-state index contributed by atoms with van der Waals surface area (Å²) in [4.78, 5) is 10.9. The molecule has 1 N–H and O–H groups in total. The van der Waals surface area contributed by atoms with E-state index in [0.717, 1.165) is 0 Å². The molecule has 0 spiro atoms. The van der Waals surface area contributed by atoms with E-state index in [-0.39, 0.29) is 24.8 Å². The second-order valence-corrected chi connectivity index (χ2v) is 5.08. The number of carbonyl (C=O) groups excluding carboxylic acids is 1. The van der Waals surface area contributed by atoms with Gasteiger partial charge in [0, 0.05) is 20.2 Å². The summed E-state index contributed by atoms with van der Waals surface area (Å²) >= 11 is 0. The van der Waals surface area contributed by atoms with Gasteiger partial charge in [0.1, 0.15) is 0 Å². The van der Waals surface area contributed by atoms with E-state index in [1.54, 1.807) is 0 Å². The van der Waals surface area contributed by atoms with Gasteiger partial charge in [-0.05, 0) is 0 Å². The number of nitrogens with one attached hydrogen (secondary N) is 1. The molecule has 0 aromatic heterocycles. The molecule has 1 fully saturated rings. The van der Waals surface area contributed by atoms with Gasteiger partial charge in [0.25, 0.3) is 0 Å². The first-order chi connectivity index (χ1) is 6.56. The van der Waals surface area contributed by atoms with E-state index in [1.807, 2.05) is 0 Å². The van der Waals surface area contributed by atoms with Crippen molar-refractivity contribution in [2.75, 3.05) is 39.1 Å². The Morgan fingerprint density at radius 2 is 2.29 bits per heavy atom. The van der Waals surface area contributed by atoms with Gasteiger partial charge >= 0.3 is 0 Å². The van der Waals surface area contributed by atoms with Gasteiger partial charge in [0.15, 0.2) is 0 Å². The molecule has 0 aliphatic carbocycles. The molecule has 1 rings (SSSR count). The largest absolute Gasteiger partial charge is 0.384 e. The summed E-state index contributed by atoms with van der Waals surface area (Å²) in [6, 6.07) is 0. The maximum atomic E-state index is 11.6. The Balaban J connectivity index is 2.57. The Bertz CT molecular complexity index is 301. The first-order valence-corrected chi connectivity index (χ1v) is 5.90. The third-order valence-corrected chi connectivity index (χ3v) is 3.72. The van der Waals surface area contributed by atoms with Crippen molar-refractivity contribution < 1.29 is 17.9 Å². The molecule has 1 saturated heterocycles. The van der Waals surface area contributed by atoms with E-state index in [2.05, 4.69) is 10.1 Å². The monoisotopic (exact) mass is 222 g/mol. The highest BCUT2D eigenvalue weighted by Gasteiger charge is 2.26. The van der Waals surface area contributed by atoms with Gasteiger partial charge in [-0.3, -0.25) is 4.79 Å². The van der Waals surface area contributed by atoms with Crippen molar-refractivity contribution in [1.82, 2.24) is 9.62 Å². The summed E-state index contributed by atoms with van der Waals surface area (Å²) in [6.07, 6.45) is 0. The van der Waals surface area contributed by atoms with Crippen LogP contribution in [0.5, 0.6) is 0 Å². The van der Waals surface area contributed by atoms with Crippen LogP contribution in [-0.4, -0.2) is 57.7 Å². The average molecular weight is 222 g/mol. The third-order valence-electron chi connectivity index (χ3n) is 1.94. The van der Waals surface area contributed by atoms with Crippen LogP contribution in [0.1, 0.15) is 0 Å². The van der Waals surface area contributed by atoms with Crippen molar-refractivity contribution in [2.45, 2.75) is 0 Å². The van der Waals surface area contributed by atoms with E-state index < -0.39 is 10.0 Å². The van der Waals surface area contributed by atoms with E-state index in [0.29, 0.717) is 13.1 Å². The molecular weight excluding hydrogens is 208 g/mol. The second kappa shape index (κ2) is 4.72. The lowest BCUT2D eigenvalue weighted by Crippen LogP contribution is -2.50. The van der Waals surface area contributed by atoms with E-state index in [4.69, 9.17) is 0 Å². The fraction of sp³-hybridized carbons (Fsp3) is 0.857. The zero-order valence-corrected chi connectivity index (χ0v) is 8.84. The molecule has 1 amide bonds. The minimum atomic E-state index is -3.33. The number of hydrogen-bond acceptors (Lipinski definition) is 4. The third kappa shape index (κ3) is 2.93. The van der Waals surface area contributed by atoms with Gasteiger partial charge in [-0.25, -0.2) is 8.42 Å². The van der Waals surface area contributed by atoms with E-state index in [9.17, 15) is 13.2 Å². The Labute approximate surface area is 83.3 Å². The molecule has 0 unspecified atom stereocenters. The smallest absolute Gasteiger partial charge is 0.235 e. The quantitative estimate of drug-likeness (QED) is 0.621. The minimum absolute atomic E-state index is 0.0726. The molecule has 6 nitrogen and oxygen atoms in total. The normalized spacial score (nSPS) is 19.4. The van der Waals surface area contributed by atoms with E-state index >= 15 is 0 Å². The van der Waals surface area contributed by atoms with Crippen LogP contribution in [0.2, 0.25) is 0 Å². The lowest BCUT2D eigenvalue weighted by Gasteiger charge is -2.25. The van der Waals surface area contributed by atoms with Crippen LogP contribution >= 0.6 is 0 Å². The first-order valence-electron chi connectivity index (χ1n) is 4.30. The lowest BCUT2D eigenvalue weighted by atomic mass is 10.4. The first kappa shape index (κ1) is 11.4. The molecule has 0 radical (unpaired) electrons. The molecule has 1 aliphatic heterocycles.